The molecule has 1 atom stereocenters. The zero-order valence-electron chi connectivity index (χ0n) is 16.8. The minimum Gasteiger partial charge on any atom is -0.491 e. The van der Waals surface area contributed by atoms with Crippen LogP contribution in [-0.2, 0) is 11.2 Å². The smallest absolute Gasteiger partial charge is 0.251 e. The lowest BCUT2D eigenvalue weighted by Crippen LogP contribution is -2.50. The SMILES string of the molecule is COC(CNC(=O)c1ccc(N)c2c1CCO2)CN1CCN(CC2CC2)CC1. The molecule has 7 heteroatoms. The molecule has 4 rings (SSSR count). The first kappa shape index (κ1) is 19.5. The summed E-state index contributed by atoms with van der Waals surface area (Å²) in [7, 11) is 1.72. The number of rotatable bonds is 8. The summed E-state index contributed by atoms with van der Waals surface area (Å²) < 4.78 is 11.2. The summed E-state index contributed by atoms with van der Waals surface area (Å²) in [5.41, 5.74) is 8.11. The van der Waals surface area contributed by atoms with E-state index in [9.17, 15) is 4.79 Å². The fourth-order valence-electron chi connectivity index (χ4n) is 4.16. The Kier molecular flexibility index (Phi) is 6.04. The Balaban J connectivity index is 1.25. The highest BCUT2D eigenvalue weighted by Gasteiger charge is 2.27. The fourth-order valence-corrected chi connectivity index (χ4v) is 4.16. The molecule has 1 saturated heterocycles. The molecule has 2 aliphatic heterocycles. The number of carbonyl (C=O) groups is 1. The van der Waals surface area contributed by atoms with Crippen LogP contribution >= 0.6 is 0 Å². The van der Waals surface area contributed by atoms with Gasteiger partial charge < -0.3 is 25.4 Å². The summed E-state index contributed by atoms with van der Waals surface area (Å²) in [4.78, 5) is 17.7. The van der Waals surface area contributed by atoms with Crippen molar-refractivity contribution in [3.05, 3.63) is 23.3 Å². The molecule has 1 aromatic carbocycles. The number of anilines is 1. The average Bonchev–Trinajstić information content (AvgIpc) is 3.38. The number of methoxy groups -OCH3 is 1. The predicted octanol–water partition coefficient (Wildman–Crippen LogP) is 0.976. The number of nitrogens with two attached hydrogens (primary N) is 1. The van der Waals surface area contributed by atoms with E-state index in [1.54, 1.807) is 19.2 Å². The van der Waals surface area contributed by atoms with Crippen LogP contribution in [0, 0.1) is 5.92 Å². The Morgan fingerprint density at radius 1 is 1.29 bits per heavy atom. The first-order chi connectivity index (χ1) is 13.6. The molecule has 3 aliphatic rings. The van der Waals surface area contributed by atoms with E-state index in [-0.39, 0.29) is 12.0 Å². The zero-order chi connectivity index (χ0) is 19.5. The summed E-state index contributed by atoms with van der Waals surface area (Å²) >= 11 is 0. The number of nitrogens with zero attached hydrogens (tertiary/aromatic N) is 2. The summed E-state index contributed by atoms with van der Waals surface area (Å²) in [5, 5.41) is 3.03. The monoisotopic (exact) mass is 388 g/mol. The molecule has 1 unspecified atom stereocenters. The molecule has 1 aliphatic carbocycles. The van der Waals surface area contributed by atoms with E-state index in [0.717, 1.165) is 50.6 Å². The van der Waals surface area contributed by atoms with Crippen LogP contribution in [0.1, 0.15) is 28.8 Å². The van der Waals surface area contributed by atoms with Gasteiger partial charge in [-0.25, -0.2) is 0 Å². The number of nitrogens with one attached hydrogen (secondary N) is 1. The fraction of sp³-hybridized carbons (Fsp3) is 0.667. The van der Waals surface area contributed by atoms with E-state index < -0.39 is 0 Å². The first-order valence-electron chi connectivity index (χ1n) is 10.4. The third-order valence-corrected chi connectivity index (χ3v) is 6.10. The lowest BCUT2D eigenvalue weighted by atomic mass is 10.0. The molecule has 28 heavy (non-hydrogen) atoms. The van der Waals surface area contributed by atoms with E-state index in [0.29, 0.717) is 30.2 Å². The van der Waals surface area contributed by atoms with Crippen molar-refractivity contribution in [3.63, 3.8) is 0 Å². The van der Waals surface area contributed by atoms with Crippen LogP contribution in [0.4, 0.5) is 5.69 Å². The van der Waals surface area contributed by atoms with Crippen molar-refractivity contribution in [1.29, 1.82) is 0 Å². The van der Waals surface area contributed by atoms with E-state index >= 15 is 0 Å². The molecule has 0 spiro atoms. The molecule has 0 radical (unpaired) electrons. The minimum absolute atomic E-state index is 0.0167. The summed E-state index contributed by atoms with van der Waals surface area (Å²) in [5.74, 6) is 1.53. The van der Waals surface area contributed by atoms with Crippen LogP contribution < -0.4 is 15.8 Å². The number of fused-ring (bicyclic) bond motifs is 1. The Labute approximate surface area is 167 Å². The number of amides is 1. The van der Waals surface area contributed by atoms with Gasteiger partial charge in [0, 0.05) is 70.5 Å². The summed E-state index contributed by atoms with van der Waals surface area (Å²) in [6.45, 7) is 7.61. The lowest BCUT2D eigenvalue weighted by molar-refractivity contribution is 0.0410. The van der Waals surface area contributed by atoms with E-state index in [1.807, 2.05) is 0 Å². The zero-order valence-corrected chi connectivity index (χ0v) is 16.8. The van der Waals surface area contributed by atoms with Crippen molar-refractivity contribution >= 4 is 11.6 Å². The molecule has 0 bridgehead atoms. The highest BCUT2D eigenvalue weighted by atomic mass is 16.5. The molecule has 2 heterocycles. The van der Waals surface area contributed by atoms with Crippen LogP contribution in [0.25, 0.3) is 0 Å². The number of hydrogen-bond acceptors (Lipinski definition) is 6. The van der Waals surface area contributed by atoms with Gasteiger partial charge in [-0.1, -0.05) is 0 Å². The third kappa shape index (κ3) is 4.59. The van der Waals surface area contributed by atoms with Gasteiger partial charge in [0.2, 0.25) is 0 Å². The van der Waals surface area contributed by atoms with Crippen molar-refractivity contribution in [3.8, 4) is 5.75 Å². The maximum Gasteiger partial charge on any atom is 0.251 e. The number of nitrogen functional groups attached to an aromatic ring is 1. The minimum atomic E-state index is -0.0851. The number of benzene rings is 1. The maximum absolute atomic E-state index is 12.7. The largest absolute Gasteiger partial charge is 0.491 e. The van der Waals surface area contributed by atoms with Gasteiger partial charge in [0.25, 0.3) is 5.91 Å². The standard InChI is InChI=1S/C21H32N4O3/c1-27-16(14-25-9-7-24(8-10-25)13-15-2-3-15)12-23-21(26)18-4-5-19(22)20-17(18)6-11-28-20/h4-5,15-16H,2-3,6-14,22H2,1H3,(H,23,26). The van der Waals surface area contributed by atoms with Crippen LogP contribution in [-0.4, -0.2) is 81.3 Å². The van der Waals surface area contributed by atoms with E-state index in [1.165, 1.54) is 19.4 Å². The number of carbonyl (C=O) groups excluding carboxylic acids is 1. The first-order valence-corrected chi connectivity index (χ1v) is 10.4. The van der Waals surface area contributed by atoms with Crippen molar-refractivity contribution < 1.29 is 14.3 Å². The number of hydrogen-bond donors (Lipinski definition) is 2. The highest BCUT2D eigenvalue weighted by molar-refractivity contribution is 5.97. The van der Waals surface area contributed by atoms with Crippen LogP contribution in [0.15, 0.2) is 12.1 Å². The molecular formula is C21H32N4O3. The van der Waals surface area contributed by atoms with Gasteiger partial charge in [0.1, 0.15) is 5.75 Å². The van der Waals surface area contributed by atoms with Crippen molar-refractivity contribution in [1.82, 2.24) is 15.1 Å². The topological polar surface area (TPSA) is 80.1 Å². The molecule has 1 saturated carbocycles. The van der Waals surface area contributed by atoms with Gasteiger partial charge in [0.05, 0.1) is 18.4 Å². The second-order valence-corrected chi connectivity index (χ2v) is 8.22. The molecule has 2 fully saturated rings. The van der Waals surface area contributed by atoms with Crippen molar-refractivity contribution in [2.45, 2.75) is 25.4 Å². The van der Waals surface area contributed by atoms with Gasteiger partial charge in [-0.15, -0.1) is 0 Å². The molecule has 7 nitrogen and oxygen atoms in total. The van der Waals surface area contributed by atoms with E-state index in [4.69, 9.17) is 15.2 Å². The summed E-state index contributed by atoms with van der Waals surface area (Å²) in [6, 6.07) is 3.53. The number of ether oxygens (including phenoxy) is 2. The maximum atomic E-state index is 12.7. The Bertz CT molecular complexity index is 699. The second kappa shape index (κ2) is 8.68. The van der Waals surface area contributed by atoms with E-state index in [2.05, 4.69) is 15.1 Å². The predicted molar refractivity (Wildman–Crippen MR) is 109 cm³/mol. The molecule has 154 valence electrons. The Morgan fingerprint density at radius 2 is 2.04 bits per heavy atom. The molecule has 3 N–H and O–H groups in total. The third-order valence-electron chi connectivity index (χ3n) is 6.10. The van der Waals surface area contributed by atoms with Crippen LogP contribution in [0.5, 0.6) is 5.75 Å². The Morgan fingerprint density at radius 3 is 2.75 bits per heavy atom. The van der Waals surface area contributed by atoms with Gasteiger partial charge >= 0.3 is 0 Å². The molecule has 1 aromatic rings. The molecular weight excluding hydrogens is 356 g/mol. The average molecular weight is 389 g/mol. The lowest BCUT2D eigenvalue weighted by Gasteiger charge is -2.36. The molecule has 0 aromatic heterocycles. The van der Waals surface area contributed by atoms with Crippen molar-refractivity contribution in [2.24, 2.45) is 5.92 Å². The Hall–Kier alpha value is -1.83. The number of piperazine rings is 1. The van der Waals surface area contributed by atoms with Gasteiger partial charge in [-0.2, -0.15) is 0 Å². The van der Waals surface area contributed by atoms with Crippen LogP contribution in [0.2, 0.25) is 0 Å². The normalized spacial score (nSPS) is 21.2. The molecule has 1 amide bonds. The summed E-state index contributed by atoms with van der Waals surface area (Å²) in [6.07, 6.45) is 3.53. The quantitative estimate of drug-likeness (QED) is 0.646. The second-order valence-electron chi connectivity index (χ2n) is 8.22. The van der Waals surface area contributed by atoms with Gasteiger partial charge in [-0.3, -0.25) is 9.69 Å². The van der Waals surface area contributed by atoms with Gasteiger partial charge in [0.15, 0.2) is 0 Å². The van der Waals surface area contributed by atoms with Gasteiger partial charge in [-0.05, 0) is 30.9 Å². The van der Waals surface area contributed by atoms with Crippen molar-refractivity contribution in [2.75, 3.05) is 65.3 Å². The highest BCUT2D eigenvalue weighted by Crippen LogP contribution is 2.34. The van der Waals surface area contributed by atoms with Crippen LogP contribution in [0.3, 0.4) is 0 Å².